The lowest BCUT2D eigenvalue weighted by molar-refractivity contribution is -0.347. The molecule has 0 spiro atoms. The molecule has 8 aliphatic heterocycles. The van der Waals surface area contributed by atoms with Crippen molar-refractivity contribution in [1.29, 1.82) is 0 Å². The minimum atomic E-state index is -5.16. The van der Waals surface area contributed by atoms with Crippen molar-refractivity contribution in [3.63, 3.8) is 0 Å². The molecule has 45 heteroatoms. The molecule has 8 unspecified atom stereocenters. The van der Waals surface area contributed by atoms with Gasteiger partial charge in [-0.3, -0.25) is 13.7 Å². The van der Waals surface area contributed by atoms with Gasteiger partial charge >= 0.3 is 31.2 Å². The van der Waals surface area contributed by atoms with Crippen LogP contribution in [-0.2, 0) is 165 Å². The van der Waals surface area contributed by atoms with Gasteiger partial charge in [-0.05, 0) is 62.5 Å². The predicted molar refractivity (Wildman–Crippen MR) is 427 cm³/mol. The van der Waals surface area contributed by atoms with Crippen molar-refractivity contribution in [2.45, 2.75) is 254 Å². The van der Waals surface area contributed by atoms with Gasteiger partial charge in [0, 0.05) is 59.4 Å². The molecule has 42 nitrogen and oxygen atoms in total. The van der Waals surface area contributed by atoms with Gasteiger partial charge in [0.25, 0.3) is 0 Å². The molecule has 0 aliphatic carbocycles. The Kier molecular flexibility index (Phi) is 35.6. The highest BCUT2D eigenvalue weighted by atomic mass is 32.3. The van der Waals surface area contributed by atoms with Gasteiger partial charge in [-0.2, -0.15) is 25.3 Å². The van der Waals surface area contributed by atoms with Gasteiger partial charge in [-0.1, -0.05) is 178 Å². The SMILES string of the molecule is CO[C@H]1OC(COS(=O)(=O)O)[C@@H](O[C@H]2C[C@H](OCc3ccccc3)[C@@H](O[C@@H]3OC(COS(=O)(=O)O)[C@@H](O[C@H]4C[C@H](OCc5ccccc5)[C@H](O[C@@H]5OC(CO)[C@@H](O[C@H]6C[C@H](OCc7ccccc7)[C@@H](O[C@@H]7OC(COS(=O)(=O)O)[C@@H](O[C@H]8C[C@H](OCc9ccccc9)[C@H](C)CO8)[C@H](C)C7N=[N+]=[N-])CO6)[C@H](C)C5N=[N+]=[N-])CO4)[C@H](C)C3N=[N+]=[N-])CO2)[C@H](C)C1C. The van der Waals surface area contributed by atoms with E-state index in [1.807, 2.05) is 142 Å². The molecule has 0 amide bonds. The fourth-order valence-electron chi connectivity index (χ4n) is 16.6. The topological polar surface area (TPSA) is 542 Å². The van der Waals surface area contributed by atoms with E-state index < -0.39 is 229 Å². The largest absolute Gasteiger partial charge is 0.397 e. The summed E-state index contributed by atoms with van der Waals surface area (Å²) in [6, 6.07) is 33.5. The van der Waals surface area contributed by atoms with Crippen LogP contribution < -0.4 is 0 Å². The fourth-order valence-corrected chi connectivity index (χ4v) is 17.5. The van der Waals surface area contributed by atoms with Crippen LogP contribution in [0.1, 0.15) is 89.5 Å². The van der Waals surface area contributed by atoms with Crippen LogP contribution >= 0.6 is 0 Å². The number of aliphatic hydroxyl groups is 1. The third-order valence-corrected chi connectivity index (χ3v) is 24.8. The summed E-state index contributed by atoms with van der Waals surface area (Å²) in [5.41, 5.74) is 33.8. The monoisotopic (exact) mass is 1810 g/mol. The number of aliphatic hydroxyl groups excluding tert-OH is 1. The zero-order valence-corrected chi connectivity index (χ0v) is 71.7. The Morgan fingerprint density at radius 2 is 0.637 bits per heavy atom. The summed E-state index contributed by atoms with van der Waals surface area (Å²) in [5, 5.41) is 23.7. The van der Waals surface area contributed by atoms with E-state index >= 15 is 0 Å². The van der Waals surface area contributed by atoms with E-state index in [1.54, 1.807) is 20.8 Å². The van der Waals surface area contributed by atoms with Crippen molar-refractivity contribution in [3.05, 3.63) is 175 Å². The Bertz CT molecular complexity index is 4480. The molecule has 4 aromatic rings. The average molecular weight is 1810 g/mol. The molecule has 686 valence electrons. The minimum absolute atomic E-state index is 0.0126. The van der Waals surface area contributed by atoms with Crippen LogP contribution in [0.4, 0.5) is 0 Å². The maximum Gasteiger partial charge on any atom is 0.397 e. The summed E-state index contributed by atoms with van der Waals surface area (Å²) in [7, 11) is -13.7. The van der Waals surface area contributed by atoms with Gasteiger partial charge in [-0.15, -0.1) is 0 Å². The maximum absolute atomic E-state index is 12.4. The fraction of sp³-hybridized carbons (Fsp3) is 0.696. The van der Waals surface area contributed by atoms with Crippen molar-refractivity contribution in [2.24, 2.45) is 50.9 Å². The molecule has 12 rings (SSSR count). The highest BCUT2D eigenvalue weighted by Crippen LogP contribution is 2.43. The molecule has 8 heterocycles. The summed E-state index contributed by atoms with van der Waals surface area (Å²) in [6.07, 6.45) is -25.0. The van der Waals surface area contributed by atoms with Crippen molar-refractivity contribution in [2.75, 3.05) is 60.0 Å². The van der Waals surface area contributed by atoms with Gasteiger partial charge in [0.05, 0.1) is 146 Å². The highest BCUT2D eigenvalue weighted by Gasteiger charge is 2.55. The third-order valence-electron chi connectivity index (χ3n) is 23.4. The summed E-state index contributed by atoms with van der Waals surface area (Å²) in [4.78, 5) is 9.48. The van der Waals surface area contributed by atoms with Crippen LogP contribution in [0.5, 0.6) is 0 Å². The smallest absolute Gasteiger partial charge is 0.394 e. The number of nitrogens with zero attached hydrogens (tertiary/aromatic N) is 9. The lowest BCUT2D eigenvalue weighted by Crippen LogP contribution is -2.60. The standard InChI is InChI=1S/C79H109N9O33S3/c1-44-33-104-65(28-54(44)100-34-50-20-12-8-13-21-50)120-74-48(5)70(84-87-81)78(116-63(74)42-109-123(93,94)95)114-61-40-106-67(30-56(61)102-36-52-24-16-10-17-25-52)119-73-47(4)69(83-86-80)77(111-58(73)32-89)112-59-38-107-68(31-57(59)103-37-53-26-18-11-19-27-53)121-75-49(6)71(85-88-82)79(117-64(75)43-110-124(96,97)98)113-60-39-105-66(29-55(60)101-35-51-22-14-9-15-23-51)118-72-45(2)46(3)76(99-7)115-62(72)41-108-122(90,91)92/h8-27,44-49,54-79,89H,28-43H2,1-7H3,(H,90,91,92)(H,93,94,95)(H,96,97,98)/t44-,45-,46?,47-,48-,49-,54+,55+,56+,57+,58?,59-,60+,61+,62?,63?,64?,65+,66+,67+,68+,69?,70?,71?,72+,73+,74+,75+,76+,77+,78-,79-/m1/s1. The van der Waals surface area contributed by atoms with Crippen LogP contribution in [0.3, 0.4) is 0 Å². The second-order valence-electron chi connectivity index (χ2n) is 31.8. The number of methoxy groups -OCH3 is 1. The maximum atomic E-state index is 12.4. The summed E-state index contributed by atoms with van der Waals surface area (Å²) >= 11 is 0. The highest BCUT2D eigenvalue weighted by molar-refractivity contribution is 7.81. The van der Waals surface area contributed by atoms with Crippen LogP contribution in [0, 0.1) is 35.5 Å². The number of rotatable bonds is 40. The van der Waals surface area contributed by atoms with Crippen molar-refractivity contribution < 1.29 is 151 Å². The van der Waals surface area contributed by atoms with E-state index in [2.05, 4.69) is 30.1 Å². The predicted octanol–water partition coefficient (Wildman–Crippen LogP) is 8.86. The number of hydrogen-bond acceptors (Lipinski definition) is 33. The normalized spacial score (nSPS) is 36.9. The van der Waals surface area contributed by atoms with Gasteiger partial charge < -0.3 is 99.8 Å². The Labute approximate surface area is 718 Å². The zero-order chi connectivity index (χ0) is 88.2. The van der Waals surface area contributed by atoms with E-state index in [9.17, 15) is 60.6 Å². The molecule has 0 radical (unpaired) electrons. The zero-order valence-electron chi connectivity index (χ0n) is 69.2. The summed E-state index contributed by atoms with van der Waals surface area (Å²) in [5.74, 6) is -3.25. The number of benzene rings is 4. The van der Waals surface area contributed by atoms with Gasteiger partial charge in [-0.25, -0.2) is 12.5 Å². The first-order valence-corrected chi connectivity index (χ1v) is 45.0. The number of azide groups is 3. The minimum Gasteiger partial charge on any atom is -0.394 e. The second kappa shape index (κ2) is 45.7. The van der Waals surface area contributed by atoms with Gasteiger partial charge in [0.2, 0.25) is 0 Å². The molecule has 32 atom stereocenters. The first kappa shape index (κ1) is 96.7. The molecule has 8 aliphatic rings. The van der Waals surface area contributed by atoms with Crippen molar-refractivity contribution >= 4 is 31.2 Å². The molecule has 124 heavy (non-hydrogen) atoms. The van der Waals surface area contributed by atoms with E-state index in [0.717, 1.165) is 22.3 Å². The molecule has 8 fully saturated rings. The molecular formula is C79H109N9O33S3. The molecule has 4 N–H and O–H groups in total. The lowest BCUT2D eigenvalue weighted by Gasteiger charge is -2.49. The molecule has 0 aromatic heterocycles. The molecule has 4 aromatic carbocycles. The summed E-state index contributed by atoms with van der Waals surface area (Å²) < 4.78 is 246. The van der Waals surface area contributed by atoms with E-state index in [-0.39, 0.29) is 95.8 Å². The van der Waals surface area contributed by atoms with Gasteiger partial charge in [0.1, 0.15) is 42.7 Å². The van der Waals surface area contributed by atoms with Gasteiger partial charge in [0.15, 0.2) is 50.3 Å². The third kappa shape index (κ3) is 27.1. The first-order chi connectivity index (χ1) is 59.5. The van der Waals surface area contributed by atoms with Crippen LogP contribution in [0.2, 0.25) is 0 Å². The average Bonchev–Trinajstić information content (AvgIpc) is 0.628. The molecule has 0 saturated carbocycles. The van der Waals surface area contributed by atoms with Crippen molar-refractivity contribution in [3.8, 4) is 0 Å². The Hall–Kier alpha value is -6.42. The van der Waals surface area contributed by atoms with E-state index in [4.69, 9.17) is 107 Å². The lowest BCUT2D eigenvalue weighted by atomic mass is 9.84. The Balaban J connectivity index is 0.728. The quantitative estimate of drug-likeness (QED) is 0.0140. The number of hydrogen-bond donors (Lipinski definition) is 4. The summed E-state index contributed by atoms with van der Waals surface area (Å²) in [6.45, 7) is 7.65. The van der Waals surface area contributed by atoms with Crippen LogP contribution in [0.15, 0.2) is 137 Å². The van der Waals surface area contributed by atoms with Crippen molar-refractivity contribution in [1.82, 2.24) is 0 Å². The van der Waals surface area contributed by atoms with Crippen LogP contribution in [0.25, 0.3) is 31.3 Å². The Morgan fingerprint density at radius 3 is 0.935 bits per heavy atom. The van der Waals surface area contributed by atoms with Crippen LogP contribution in [-0.4, -0.2) is 264 Å². The Morgan fingerprint density at radius 1 is 0.363 bits per heavy atom. The van der Waals surface area contributed by atoms with E-state index in [0.29, 0.717) is 6.61 Å². The number of ether oxygens (including phenoxy) is 20. The molecule has 8 saturated heterocycles. The second-order valence-corrected chi connectivity index (χ2v) is 35.1. The van der Waals surface area contributed by atoms with E-state index in [1.165, 1.54) is 7.11 Å². The molecule has 0 bridgehead atoms. The molecular weight excluding hydrogens is 1700 g/mol. The first-order valence-electron chi connectivity index (χ1n) is 40.9.